The smallest absolute Gasteiger partial charge is 0.0936 e. The van der Waals surface area contributed by atoms with E-state index in [1.165, 1.54) is 55.2 Å². The highest BCUT2D eigenvalue weighted by Gasteiger charge is 2.35. The van der Waals surface area contributed by atoms with Crippen molar-refractivity contribution in [3.8, 4) is 50.3 Å². The van der Waals surface area contributed by atoms with Crippen LogP contribution >= 0.6 is 0 Å². The van der Waals surface area contributed by atoms with Gasteiger partial charge < -0.3 is 4.57 Å². The Morgan fingerprint density at radius 2 is 1.06 bits per heavy atom. The van der Waals surface area contributed by atoms with Crippen molar-refractivity contribution in [2.24, 2.45) is 0 Å². The van der Waals surface area contributed by atoms with Crippen molar-refractivity contribution < 1.29 is 0 Å². The van der Waals surface area contributed by atoms with E-state index in [2.05, 4.69) is 169 Å². The van der Waals surface area contributed by atoms with Crippen molar-refractivity contribution in [1.82, 2.24) is 14.8 Å². The van der Waals surface area contributed by atoms with Gasteiger partial charge in [0.05, 0.1) is 22.2 Å². The summed E-state index contributed by atoms with van der Waals surface area (Å²) in [6, 6.07) is 59.3. The summed E-state index contributed by atoms with van der Waals surface area (Å²) in [5.74, 6) is 0. The molecule has 0 saturated heterocycles. The predicted octanol–water partition coefficient (Wildman–Crippen LogP) is 12.0. The molecule has 9 aromatic rings. The molecule has 0 N–H and O–H groups in total. The molecule has 7 aromatic carbocycles. The Balaban J connectivity index is 1.18. The van der Waals surface area contributed by atoms with Crippen LogP contribution in [0.4, 0.5) is 0 Å². The highest BCUT2D eigenvalue weighted by atomic mass is 15.1. The Kier molecular flexibility index (Phi) is 6.22. The van der Waals surface area contributed by atoms with Crippen LogP contribution in [0.1, 0.15) is 25.0 Å². The molecule has 236 valence electrons. The first-order valence-electron chi connectivity index (χ1n) is 17.2. The highest BCUT2D eigenvalue weighted by Crippen LogP contribution is 2.50. The van der Waals surface area contributed by atoms with Gasteiger partial charge in [0.1, 0.15) is 0 Å². The number of hydrogen-bond donors (Lipinski definition) is 0. The molecule has 0 saturated carbocycles. The Morgan fingerprint density at radius 3 is 1.82 bits per heavy atom. The van der Waals surface area contributed by atoms with Crippen molar-refractivity contribution in [3.63, 3.8) is 0 Å². The van der Waals surface area contributed by atoms with Gasteiger partial charge in [-0.05, 0) is 93.0 Å². The number of fused-ring (bicyclic) bond motifs is 7. The molecule has 0 bridgehead atoms. The molecule has 0 radical (unpaired) electrons. The number of hydrogen-bond acceptors (Lipinski definition) is 2. The van der Waals surface area contributed by atoms with E-state index in [4.69, 9.17) is 5.10 Å². The van der Waals surface area contributed by atoms with Crippen LogP contribution in [0.25, 0.3) is 83.0 Å². The SMILES string of the molecule is CC1(C)c2ccccc2-c2ccc(-c3cc(-c4ccc5cc(-c6ccccc6)nnc5c4)cc(-n4c5ccccc5c5ccccc54)c3)cc21. The average molecular weight is 640 g/mol. The maximum atomic E-state index is 4.70. The van der Waals surface area contributed by atoms with Gasteiger partial charge in [-0.15, -0.1) is 10.2 Å². The van der Waals surface area contributed by atoms with Gasteiger partial charge in [-0.3, -0.25) is 0 Å². The highest BCUT2D eigenvalue weighted by molar-refractivity contribution is 6.09. The maximum Gasteiger partial charge on any atom is 0.0936 e. The van der Waals surface area contributed by atoms with Crippen LogP contribution in [0, 0.1) is 0 Å². The molecular formula is C47H33N3. The van der Waals surface area contributed by atoms with E-state index in [1.807, 2.05) is 18.2 Å². The molecule has 1 aliphatic rings. The molecule has 10 rings (SSSR count). The lowest BCUT2D eigenvalue weighted by Crippen LogP contribution is -2.14. The largest absolute Gasteiger partial charge is 0.309 e. The van der Waals surface area contributed by atoms with Crippen LogP contribution in [0.15, 0.2) is 164 Å². The van der Waals surface area contributed by atoms with Gasteiger partial charge in [-0.1, -0.05) is 129 Å². The predicted molar refractivity (Wildman–Crippen MR) is 208 cm³/mol. The summed E-state index contributed by atoms with van der Waals surface area (Å²) in [6.07, 6.45) is 0. The Labute approximate surface area is 291 Å². The molecule has 50 heavy (non-hydrogen) atoms. The van der Waals surface area contributed by atoms with Crippen molar-refractivity contribution >= 4 is 32.7 Å². The molecule has 2 aromatic heterocycles. The quantitative estimate of drug-likeness (QED) is 0.192. The molecular weight excluding hydrogens is 607 g/mol. The zero-order chi connectivity index (χ0) is 33.4. The normalized spacial score (nSPS) is 13.2. The van der Waals surface area contributed by atoms with Gasteiger partial charge >= 0.3 is 0 Å². The Morgan fingerprint density at radius 1 is 0.440 bits per heavy atom. The second kappa shape index (κ2) is 10.8. The first kappa shape index (κ1) is 28.7. The summed E-state index contributed by atoms with van der Waals surface area (Å²) in [5, 5.41) is 12.9. The Hall–Kier alpha value is -6.32. The van der Waals surface area contributed by atoms with Crippen LogP contribution in [0.3, 0.4) is 0 Å². The van der Waals surface area contributed by atoms with E-state index in [9.17, 15) is 0 Å². The number of rotatable bonds is 4. The van der Waals surface area contributed by atoms with Gasteiger partial charge in [0.15, 0.2) is 0 Å². The lowest BCUT2D eigenvalue weighted by atomic mass is 9.81. The summed E-state index contributed by atoms with van der Waals surface area (Å²) in [5.41, 5.74) is 16.3. The molecule has 0 atom stereocenters. The van der Waals surface area contributed by atoms with E-state index in [-0.39, 0.29) is 5.41 Å². The maximum absolute atomic E-state index is 4.70. The minimum atomic E-state index is -0.0785. The third-order valence-electron chi connectivity index (χ3n) is 10.7. The zero-order valence-electron chi connectivity index (χ0n) is 27.9. The van der Waals surface area contributed by atoms with E-state index in [1.54, 1.807) is 0 Å². The van der Waals surface area contributed by atoms with Crippen LogP contribution in [0.2, 0.25) is 0 Å². The minimum absolute atomic E-state index is 0.0785. The van der Waals surface area contributed by atoms with E-state index in [0.717, 1.165) is 39.0 Å². The fourth-order valence-corrected chi connectivity index (χ4v) is 8.12. The third kappa shape index (κ3) is 4.37. The van der Waals surface area contributed by atoms with Gasteiger partial charge in [-0.25, -0.2) is 0 Å². The number of nitrogens with zero attached hydrogens (tertiary/aromatic N) is 3. The van der Waals surface area contributed by atoms with Crippen molar-refractivity contribution in [2.45, 2.75) is 19.3 Å². The summed E-state index contributed by atoms with van der Waals surface area (Å²) in [7, 11) is 0. The molecule has 3 nitrogen and oxygen atoms in total. The third-order valence-corrected chi connectivity index (χ3v) is 10.7. The van der Waals surface area contributed by atoms with Crippen LogP contribution in [-0.4, -0.2) is 14.8 Å². The molecule has 3 heteroatoms. The van der Waals surface area contributed by atoms with E-state index >= 15 is 0 Å². The van der Waals surface area contributed by atoms with Gasteiger partial charge in [0.25, 0.3) is 0 Å². The summed E-state index contributed by atoms with van der Waals surface area (Å²) >= 11 is 0. The minimum Gasteiger partial charge on any atom is -0.309 e. The molecule has 1 aliphatic carbocycles. The molecule has 2 heterocycles. The number of para-hydroxylation sites is 2. The average Bonchev–Trinajstić information content (AvgIpc) is 3.63. The van der Waals surface area contributed by atoms with Crippen molar-refractivity contribution in [1.29, 1.82) is 0 Å². The number of benzene rings is 7. The standard InChI is InChI=1S/C47H33N3/c1-47(2)41-17-9-6-14-37(41)38-23-22-31(27-42(38)47)34-24-35(32-20-21-33-29-43(48-49-44(33)28-32)30-12-4-3-5-13-30)26-36(25-34)50-45-18-10-7-15-39(45)40-16-8-11-19-46(40)50/h3-29H,1-2H3. The summed E-state index contributed by atoms with van der Waals surface area (Å²) in [4.78, 5) is 0. The second-order valence-electron chi connectivity index (χ2n) is 13.9. The molecule has 0 spiro atoms. The summed E-state index contributed by atoms with van der Waals surface area (Å²) < 4.78 is 2.41. The molecule has 0 unspecified atom stereocenters. The fourth-order valence-electron chi connectivity index (χ4n) is 8.12. The van der Waals surface area contributed by atoms with Crippen molar-refractivity contribution in [3.05, 3.63) is 175 Å². The van der Waals surface area contributed by atoms with Gasteiger partial charge in [-0.2, -0.15) is 0 Å². The monoisotopic (exact) mass is 639 g/mol. The molecule has 0 aliphatic heterocycles. The van der Waals surface area contributed by atoms with Gasteiger partial charge in [0.2, 0.25) is 0 Å². The van der Waals surface area contributed by atoms with Crippen molar-refractivity contribution in [2.75, 3.05) is 0 Å². The first-order valence-corrected chi connectivity index (χ1v) is 17.2. The number of aromatic nitrogens is 3. The van der Waals surface area contributed by atoms with Crippen LogP contribution in [-0.2, 0) is 5.41 Å². The second-order valence-corrected chi connectivity index (χ2v) is 13.9. The Bertz CT molecular complexity index is 2730. The van der Waals surface area contributed by atoms with Gasteiger partial charge in [0, 0.05) is 32.8 Å². The molecule has 0 fully saturated rings. The fraction of sp³-hybridized carbons (Fsp3) is 0.0638. The van der Waals surface area contributed by atoms with E-state index in [0.29, 0.717) is 0 Å². The zero-order valence-corrected chi connectivity index (χ0v) is 27.9. The molecule has 0 amide bonds. The first-order chi connectivity index (χ1) is 24.5. The topological polar surface area (TPSA) is 30.7 Å². The summed E-state index contributed by atoms with van der Waals surface area (Å²) in [6.45, 7) is 4.70. The lowest BCUT2D eigenvalue weighted by Gasteiger charge is -2.22. The van der Waals surface area contributed by atoms with E-state index < -0.39 is 0 Å². The van der Waals surface area contributed by atoms with Crippen LogP contribution in [0.5, 0.6) is 0 Å². The lowest BCUT2D eigenvalue weighted by molar-refractivity contribution is 0.660. The van der Waals surface area contributed by atoms with Crippen LogP contribution < -0.4 is 0 Å².